The second-order valence-electron chi connectivity index (χ2n) is 10.1. The van der Waals surface area contributed by atoms with Gasteiger partial charge in [-0.2, -0.15) is 0 Å². The van der Waals surface area contributed by atoms with Crippen LogP contribution in [0.2, 0.25) is 0 Å². The van der Waals surface area contributed by atoms with Crippen molar-refractivity contribution in [3.63, 3.8) is 0 Å². The molecule has 0 aromatic carbocycles. The third-order valence-corrected chi connectivity index (χ3v) is 7.12. The SMILES string of the molecule is CCCCCCCCCCCCOS(=O)(=O)[O-].CCCC[N+](CCCC)(CCCC)CCCC. The van der Waals surface area contributed by atoms with Crippen molar-refractivity contribution in [2.75, 3.05) is 32.8 Å². The van der Waals surface area contributed by atoms with Crippen molar-refractivity contribution in [2.45, 2.75) is 150 Å². The Labute approximate surface area is 215 Å². The second-order valence-corrected chi connectivity index (χ2v) is 11.1. The molecule has 34 heavy (non-hydrogen) atoms. The van der Waals surface area contributed by atoms with Crippen molar-refractivity contribution >= 4 is 10.4 Å². The zero-order valence-corrected chi connectivity index (χ0v) is 24.6. The van der Waals surface area contributed by atoms with Gasteiger partial charge in [0.1, 0.15) is 0 Å². The van der Waals surface area contributed by atoms with Crippen LogP contribution >= 0.6 is 0 Å². The van der Waals surface area contributed by atoms with Crippen molar-refractivity contribution in [2.24, 2.45) is 0 Å². The number of unbranched alkanes of at least 4 members (excludes halogenated alkanes) is 13. The Kier molecular flexibility index (Phi) is 27.4. The molecule has 0 N–H and O–H groups in total. The minimum atomic E-state index is -4.48. The highest BCUT2D eigenvalue weighted by molar-refractivity contribution is 7.80. The Balaban J connectivity index is 0. The van der Waals surface area contributed by atoms with Crippen LogP contribution in [0.1, 0.15) is 150 Å². The zero-order valence-electron chi connectivity index (χ0n) is 23.8. The van der Waals surface area contributed by atoms with Crippen LogP contribution in [0.25, 0.3) is 0 Å². The summed E-state index contributed by atoms with van der Waals surface area (Å²) in [5.74, 6) is 0. The van der Waals surface area contributed by atoms with Crippen LogP contribution in [-0.4, -0.2) is 50.2 Å². The number of quaternary nitrogens is 1. The summed E-state index contributed by atoms with van der Waals surface area (Å²) in [6.07, 6.45) is 22.8. The summed E-state index contributed by atoms with van der Waals surface area (Å²) in [4.78, 5) is 0. The second kappa shape index (κ2) is 25.9. The van der Waals surface area contributed by atoms with E-state index < -0.39 is 10.4 Å². The van der Waals surface area contributed by atoms with E-state index in [-0.39, 0.29) is 6.61 Å². The van der Waals surface area contributed by atoms with Gasteiger partial charge in [0.2, 0.25) is 10.4 Å². The highest BCUT2D eigenvalue weighted by atomic mass is 32.3. The Hall–Kier alpha value is -0.170. The summed E-state index contributed by atoms with van der Waals surface area (Å²) in [6.45, 7) is 17.3. The van der Waals surface area contributed by atoms with Crippen LogP contribution < -0.4 is 0 Å². The molecular weight excluding hydrogens is 446 g/mol. The molecule has 6 heteroatoms. The summed E-state index contributed by atoms with van der Waals surface area (Å²) in [5, 5.41) is 0. The molecule has 0 spiro atoms. The monoisotopic (exact) mass is 507 g/mol. The van der Waals surface area contributed by atoms with E-state index in [9.17, 15) is 13.0 Å². The van der Waals surface area contributed by atoms with Gasteiger partial charge in [-0.3, -0.25) is 4.18 Å². The van der Waals surface area contributed by atoms with Gasteiger partial charge in [-0.1, -0.05) is 118 Å². The van der Waals surface area contributed by atoms with E-state index in [0.29, 0.717) is 6.42 Å². The molecule has 0 rings (SSSR count). The van der Waals surface area contributed by atoms with Crippen molar-refractivity contribution in [3.8, 4) is 0 Å². The van der Waals surface area contributed by atoms with E-state index >= 15 is 0 Å². The lowest BCUT2D eigenvalue weighted by Crippen LogP contribution is -2.50. The molecular formula is C28H61NO4S. The maximum Gasteiger partial charge on any atom is 0.217 e. The molecule has 0 aromatic rings. The predicted molar refractivity (Wildman–Crippen MR) is 147 cm³/mol. The van der Waals surface area contributed by atoms with E-state index in [4.69, 9.17) is 0 Å². The van der Waals surface area contributed by atoms with Crippen molar-refractivity contribution in [1.82, 2.24) is 0 Å². The lowest BCUT2D eigenvalue weighted by atomic mass is 10.1. The van der Waals surface area contributed by atoms with Crippen LogP contribution in [0.15, 0.2) is 0 Å². The molecule has 0 bridgehead atoms. The van der Waals surface area contributed by atoms with Crippen LogP contribution in [0.3, 0.4) is 0 Å². The lowest BCUT2D eigenvalue weighted by molar-refractivity contribution is -0.929. The minimum Gasteiger partial charge on any atom is -0.726 e. The van der Waals surface area contributed by atoms with Gasteiger partial charge in [0.25, 0.3) is 0 Å². The first-order chi connectivity index (χ1) is 16.3. The molecule has 0 saturated heterocycles. The van der Waals surface area contributed by atoms with Gasteiger partial charge < -0.3 is 9.04 Å². The largest absolute Gasteiger partial charge is 0.726 e. The van der Waals surface area contributed by atoms with Gasteiger partial charge in [0, 0.05) is 0 Å². The average Bonchev–Trinajstić information content (AvgIpc) is 2.81. The van der Waals surface area contributed by atoms with Crippen molar-refractivity contribution < 1.29 is 21.6 Å². The van der Waals surface area contributed by atoms with E-state index in [1.807, 2.05) is 0 Å². The van der Waals surface area contributed by atoms with Crippen LogP contribution in [0, 0.1) is 0 Å². The van der Waals surface area contributed by atoms with Gasteiger partial charge in [-0.05, 0) is 32.1 Å². The normalized spacial score (nSPS) is 11.9. The quantitative estimate of drug-likeness (QED) is 0.0569. The highest BCUT2D eigenvalue weighted by Crippen LogP contribution is 2.16. The summed E-state index contributed by atoms with van der Waals surface area (Å²) in [5.41, 5.74) is 0. The van der Waals surface area contributed by atoms with Gasteiger partial charge >= 0.3 is 0 Å². The van der Waals surface area contributed by atoms with Gasteiger partial charge in [0.15, 0.2) is 0 Å². The van der Waals surface area contributed by atoms with Crippen LogP contribution in [-0.2, 0) is 14.6 Å². The van der Waals surface area contributed by atoms with E-state index in [0.717, 1.165) is 12.8 Å². The smallest absolute Gasteiger partial charge is 0.217 e. The van der Waals surface area contributed by atoms with Crippen LogP contribution in [0.5, 0.6) is 0 Å². The molecule has 0 heterocycles. The Morgan fingerprint density at radius 2 is 0.794 bits per heavy atom. The van der Waals surface area contributed by atoms with Gasteiger partial charge in [-0.15, -0.1) is 0 Å². The van der Waals surface area contributed by atoms with Crippen molar-refractivity contribution in [1.29, 1.82) is 0 Å². The first kappa shape index (κ1) is 36.0. The fourth-order valence-corrected chi connectivity index (χ4v) is 4.72. The van der Waals surface area contributed by atoms with Crippen LogP contribution in [0.4, 0.5) is 0 Å². The van der Waals surface area contributed by atoms with Crippen molar-refractivity contribution in [3.05, 3.63) is 0 Å². The molecule has 0 saturated carbocycles. The zero-order chi connectivity index (χ0) is 26.0. The average molecular weight is 508 g/mol. The number of hydrogen-bond donors (Lipinski definition) is 0. The maximum absolute atomic E-state index is 10.1. The summed E-state index contributed by atoms with van der Waals surface area (Å²) >= 11 is 0. The first-order valence-corrected chi connectivity index (χ1v) is 16.1. The number of nitrogens with zero attached hydrogens (tertiary/aromatic N) is 1. The third-order valence-electron chi connectivity index (χ3n) is 6.67. The first-order valence-electron chi connectivity index (χ1n) is 14.8. The molecule has 0 unspecified atom stereocenters. The molecule has 0 aliphatic carbocycles. The Morgan fingerprint density at radius 1 is 0.500 bits per heavy atom. The molecule has 0 fully saturated rings. The molecule has 0 amide bonds. The lowest BCUT2D eigenvalue weighted by Gasteiger charge is -2.39. The molecule has 208 valence electrons. The summed E-state index contributed by atoms with van der Waals surface area (Å²) < 4.78 is 35.9. The van der Waals surface area contributed by atoms with E-state index in [2.05, 4.69) is 38.8 Å². The molecule has 5 nitrogen and oxygen atoms in total. The highest BCUT2D eigenvalue weighted by Gasteiger charge is 2.24. The summed E-state index contributed by atoms with van der Waals surface area (Å²) in [6, 6.07) is 0. The molecule has 0 aliphatic heterocycles. The fourth-order valence-electron chi connectivity index (χ4n) is 4.40. The molecule has 0 aromatic heterocycles. The Morgan fingerprint density at radius 3 is 1.09 bits per heavy atom. The third kappa shape index (κ3) is 26.4. The standard InChI is InChI=1S/C16H36N.C12H26O4S/c1-5-9-13-17(14-10-6-2,15-11-7-3)16-12-8-4;1-2-3-4-5-6-7-8-9-10-11-12-16-17(13,14)15/h5-16H2,1-4H3;2-12H2,1H3,(H,13,14,15)/q+1;/p-1. The van der Waals surface area contributed by atoms with Gasteiger partial charge in [-0.25, -0.2) is 8.42 Å². The topological polar surface area (TPSA) is 66.4 Å². The maximum atomic E-state index is 10.1. The molecule has 0 aliphatic rings. The fraction of sp³-hybridized carbons (Fsp3) is 1.00. The van der Waals surface area contributed by atoms with E-state index in [1.165, 1.54) is 127 Å². The minimum absolute atomic E-state index is 0.0301. The molecule has 0 radical (unpaired) electrons. The van der Waals surface area contributed by atoms with E-state index in [1.54, 1.807) is 0 Å². The number of rotatable bonds is 24. The Bertz CT molecular complexity index is 459. The van der Waals surface area contributed by atoms with Gasteiger partial charge in [0.05, 0.1) is 32.8 Å². The predicted octanol–water partition coefficient (Wildman–Crippen LogP) is 8.39. The number of hydrogen-bond acceptors (Lipinski definition) is 4. The summed E-state index contributed by atoms with van der Waals surface area (Å²) in [7, 11) is -4.48. The molecule has 0 atom stereocenters.